The summed E-state index contributed by atoms with van der Waals surface area (Å²) in [5.74, 6) is 0.244. The molecule has 0 aliphatic heterocycles. The summed E-state index contributed by atoms with van der Waals surface area (Å²) in [5, 5.41) is 7.12. The summed E-state index contributed by atoms with van der Waals surface area (Å²) < 4.78 is 18.8. The minimum Gasteiger partial charge on any atom is -0.356 e. The van der Waals surface area contributed by atoms with Gasteiger partial charge in [-0.05, 0) is 25.0 Å². The Morgan fingerprint density at radius 1 is 1.35 bits per heavy atom. The molecule has 1 heterocycles. The van der Waals surface area contributed by atoms with Gasteiger partial charge in [-0.3, -0.25) is 0 Å². The van der Waals surface area contributed by atoms with E-state index in [-0.39, 0.29) is 5.82 Å². The molecule has 1 aliphatic carbocycles. The number of hydrogen-bond donors (Lipinski definition) is 1. The van der Waals surface area contributed by atoms with Crippen molar-refractivity contribution in [2.75, 3.05) is 0 Å². The fourth-order valence-electron chi connectivity index (χ4n) is 1.80. The van der Waals surface area contributed by atoms with Gasteiger partial charge in [-0.15, -0.1) is 0 Å². The second kappa shape index (κ2) is 4.30. The van der Waals surface area contributed by atoms with E-state index in [4.69, 9.17) is 4.52 Å². The standard InChI is InChI=1S/C13H13FN2O/c14-12-4-2-1-3-11(12)13-9(8-16-17-13)7-15-10-5-6-10/h1-4,8,10,15H,5-7H2. The number of hydrogen-bond acceptors (Lipinski definition) is 3. The Labute approximate surface area is 98.6 Å². The number of halogens is 1. The fraction of sp³-hybridized carbons (Fsp3) is 0.308. The van der Waals surface area contributed by atoms with E-state index in [2.05, 4.69) is 10.5 Å². The minimum atomic E-state index is -0.281. The van der Waals surface area contributed by atoms with Crippen LogP contribution in [0.1, 0.15) is 18.4 Å². The molecule has 0 unspecified atom stereocenters. The van der Waals surface area contributed by atoms with E-state index < -0.39 is 0 Å². The third kappa shape index (κ3) is 2.22. The summed E-state index contributed by atoms with van der Waals surface area (Å²) in [6.07, 6.45) is 4.10. The maximum Gasteiger partial charge on any atom is 0.174 e. The fourth-order valence-corrected chi connectivity index (χ4v) is 1.80. The third-order valence-corrected chi connectivity index (χ3v) is 2.92. The molecule has 3 rings (SSSR count). The molecular formula is C13H13FN2O. The molecule has 1 aliphatic rings. The first-order chi connectivity index (χ1) is 8.34. The van der Waals surface area contributed by atoms with Crippen molar-refractivity contribution in [2.45, 2.75) is 25.4 Å². The van der Waals surface area contributed by atoms with E-state index in [9.17, 15) is 4.39 Å². The van der Waals surface area contributed by atoms with Crippen LogP contribution in [-0.2, 0) is 6.54 Å². The van der Waals surface area contributed by atoms with E-state index in [1.807, 2.05) is 0 Å². The average molecular weight is 232 g/mol. The lowest BCUT2D eigenvalue weighted by atomic mass is 10.1. The summed E-state index contributed by atoms with van der Waals surface area (Å²) >= 11 is 0. The zero-order chi connectivity index (χ0) is 11.7. The van der Waals surface area contributed by atoms with Gasteiger partial charge < -0.3 is 9.84 Å². The quantitative estimate of drug-likeness (QED) is 0.880. The number of benzene rings is 1. The molecule has 0 amide bonds. The average Bonchev–Trinajstić information content (AvgIpc) is 3.06. The lowest BCUT2D eigenvalue weighted by Crippen LogP contribution is -2.15. The molecule has 0 spiro atoms. The van der Waals surface area contributed by atoms with Crippen molar-refractivity contribution >= 4 is 0 Å². The first-order valence-corrected chi connectivity index (χ1v) is 5.76. The van der Waals surface area contributed by atoms with Gasteiger partial charge in [0, 0.05) is 18.2 Å². The molecule has 0 atom stereocenters. The van der Waals surface area contributed by atoms with Crippen LogP contribution in [0.3, 0.4) is 0 Å². The van der Waals surface area contributed by atoms with Crippen molar-refractivity contribution in [2.24, 2.45) is 0 Å². The molecule has 4 heteroatoms. The molecule has 88 valence electrons. The van der Waals surface area contributed by atoms with Crippen LogP contribution >= 0.6 is 0 Å². The van der Waals surface area contributed by atoms with Gasteiger partial charge >= 0.3 is 0 Å². The first kappa shape index (κ1) is 10.5. The SMILES string of the molecule is Fc1ccccc1-c1oncc1CNC1CC1. The zero-order valence-electron chi connectivity index (χ0n) is 9.32. The predicted octanol–water partition coefficient (Wildman–Crippen LogP) is 2.73. The highest BCUT2D eigenvalue weighted by atomic mass is 19.1. The number of aromatic nitrogens is 1. The predicted molar refractivity (Wildman–Crippen MR) is 61.8 cm³/mol. The Morgan fingerprint density at radius 3 is 2.94 bits per heavy atom. The molecule has 1 aromatic heterocycles. The summed E-state index contributed by atoms with van der Waals surface area (Å²) in [5.41, 5.74) is 1.37. The monoisotopic (exact) mass is 232 g/mol. The molecule has 1 fully saturated rings. The summed E-state index contributed by atoms with van der Waals surface area (Å²) in [6.45, 7) is 0.678. The molecule has 0 radical (unpaired) electrons. The van der Waals surface area contributed by atoms with Crippen LogP contribution < -0.4 is 5.32 Å². The van der Waals surface area contributed by atoms with Crippen molar-refractivity contribution in [1.29, 1.82) is 0 Å². The zero-order valence-corrected chi connectivity index (χ0v) is 9.32. The maximum atomic E-state index is 13.6. The van der Waals surface area contributed by atoms with Gasteiger partial charge in [-0.1, -0.05) is 17.3 Å². The van der Waals surface area contributed by atoms with Crippen LogP contribution in [0.5, 0.6) is 0 Å². The molecule has 1 aromatic carbocycles. The van der Waals surface area contributed by atoms with Crippen LogP contribution in [0.4, 0.5) is 4.39 Å². The molecule has 1 saturated carbocycles. The van der Waals surface area contributed by atoms with Gasteiger partial charge in [0.2, 0.25) is 0 Å². The van der Waals surface area contributed by atoms with Gasteiger partial charge in [0.1, 0.15) is 5.82 Å². The second-order valence-corrected chi connectivity index (χ2v) is 4.32. The van der Waals surface area contributed by atoms with E-state index in [0.29, 0.717) is 23.9 Å². The van der Waals surface area contributed by atoms with Crippen molar-refractivity contribution < 1.29 is 8.91 Å². The normalized spacial score (nSPS) is 15.1. The largest absolute Gasteiger partial charge is 0.356 e. The molecule has 1 N–H and O–H groups in total. The van der Waals surface area contributed by atoms with Crippen LogP contribution in [-0.4, -0.2) is 11.2 Å². The molecule has 3 nitrogen and oxygen atoms in total. The highest BCUT2D eigenvalue weighted by Crippen LogP contribution is 2.27. The van der Waals surface area contributed by atoms with Crippen molar-refractivity contribution in [1.82, 2.24) is 10.5 Å². The Balaban J connectivity index is 1.86. The van der Waals surface area contributed by atoms with E-state index in [1.165, 1.54) is 18.9 Å². The van der Waals surface area contributed by atoms with E-state index in [1.54, 1.807) is 24.4 Å². The smallest absolute Gasteiger partial charge is 0.174 e. The Kier molecular flexibility index (Phi) is 2.65. The third-order valence-electron chi connectivity index (χ3n) is 2.92. The lowest BCUT2D eigenvalue weighted by Gasteiger charge is -2.03. The number of rotatable bonds is 4. The Morgan fingerprint density at radius 2 is 2.18 bits per heavy atom. The number of nitrogens with zero attached hydrogens (tertiary/aromatic N) is 1. The van der Waals surface area contributed by atoms with Crippen LogP contribution in [0, 0.1) is 5.82 Å². The highest BCUT2D eigenvalue weighted by Gasteiger charge is 2.22. The molecule has 0 saturated heterocycles. The molecule has 2 aromatic rings. The van der Waals surface area contributed by atoms with Gasteiger partial charge in [-0.2, -0.15) is 0 Å². The lowest BCUT2D eigenvalue weighted by molar-refractivity contribution is 0.429. The Bertz CT molecular complexity index is 520. The van der Waals surface area contributed by atoms with Crippen LogP contribution in [0.25, 0.3) is 11.3 Å². The minimum absolute atomic E-state index is 0.281. The summed E-state index contributed by atoms with van der Waals surface area (Å²) in [6, 6.07) is 7.20. The van der Waals surface area contributed by atoms with Crippen molar-refractivity contribution in [3.8, 4) is 11.3 Å². The highest BCUT2D eigenvalue weighted by molar-refractivity contribution is 5.61. The van der Waals surface area contributed by atoms with Gasteiger partial charge in [0.05, 0.1) is 11.8 Å². The molecule has 0 bridgehead atoms. The first-order valence-electron chi connectivity index (χ1n) is 5.76. The van der Waals surface area contributed by atoms with E-state index in [0.717, 1.165) is 5.56 Å². The van der Waals surface area contributed by atoms with Gasteiger partial charge in [0.25, 0.3) is 0 Å². The van der Waals surface area contributed by atoms with Gasteiger partial charge in [0.15, 0.2) is 5.76 Å². The number of nitrogens with one attached hydrogen (secondary N) is 1. The van der Waals surface area contributed by atoms with Crippen molar-refractivity contribution in [3.05, 3.63) is 41.8 Å². The summed E-state index contributed by atoms with van der Waals surface area (Å²) in [4.78, 5) is 0. The molecule has 17 heavy (non-hydrogen) atoms. The van der Waals surface area contributed by atoms with E-state index >= 15 is 0 Å². The van der Waals surface area contributed by atoms with Gasteiger partial charge in [-0.25, -0.2) is 4.39 Å². The van der Waals surface area contributed by atoms with Crippen molar-refractivity contribution in [3.63, 3.8) is 0 Å². The topological polar surface area (TPSA) is 38.1 Å². The molecular weight excluding hydrogens is 219 g/mol. The summed E-state index contributed by atoms with van der Waals surface area (Å²) in [7, 11) is 0. The Hall–Kier alpha value is -1.68. The second-order valence-electron chi connectivity index (χ2n) is 4.32. The maximum absolute atomic E-state index is 13.6. The van der Waals surface area contributed by atoms with Crippen LogP contribution in [0.15, 0.2) is 35.0 Å². The van der Waals surface area contributed by atoms with Crippen LogP contribution in [0.2, 0.25) is 0 Å².